The Hall–Kier alpha value is -0.240. The molecule has 0 unspecified atom stereocenters. The van der Waals surface area contributed by atoms with E-state index in [0.29, 0.717) is 6.61 Å². The highest BCUT2D eigenvalue weighted by Crippen LogP contribution is 2.50. The monoisotopic (exact) mass is 382 g/mol. The summed E-state index contributed by atoms with van der Waals surface area (Å²) < 4.78 is 38.3. The molecule has 0 radical (unpaired) electrons. The van der Waals surface area contributed by atoms with E-state index in [1.54, 1.807) is 0 Å². The fourth-order valence-electron chi connectivity index (χ4n) is 5.52. The van der Waals surface area contributed by atoms with Crippen molar-refractivity contribution in [3.05, 3.63) is 0 Å². The predicted octanol–water partition coefficient (Wildman–Crippen LogP) is 3.66. The van der Waals surface area contributed by atoms with E-state index in [9.17, 15) is 0 Å². The molecule has 0 N–H and O–H groups in total. The summed E-state index contributed by atoms with van der Waals surface area (Å²) >= 11 is 0. The Bertz CT molecular complexity index is 513. The first kappa shape index (κ1) is 18.8. The fraction of sp³-hybridized carbons (Fsp3) is 1.00. The molecule has 5 aliphatic rings. The minimum absolute atomic E-state index is 0.127. The summed E-state index contributed by atoms with van der Waals surface area (Å²) in [6.07, 6.45) is 11.0. The summed E-state index contributed by atoms with van der Waals surface area (Å²) in [7, 11) is 0. The number of hydrogen-bond acceptors (Lipinski definition) is 6. The van der Waals surface area contributed by atoms with Gasteiger partial charge in [0, 0.05) is 32.3 Å². The van der Waals surface area contributed by atoms with Gasteiger partial charge in [0.05, 0.1) is 6.61 Å². The van der Waals surface area contributed by atoms with Gasteiger partial charge in [-0.05, 0) is 32.1 Å². The van der Waals surface area contributed by atoms with Crippen LogP contribution in [0.2, 0.25) is 0 Å². The Balaban J connectivity index is 1.36. The molecule has 5 atom stereocenters. The zero-order valence-electron chi connectivity index (χ0n) is 16.5. The van der Waals surface area contributed by atoms with E-state index in [1.807, 2.05) is 0 Å². The lowest BCUT2D eigenvalue weighted by atomic mass is 9.94. The first-order valence-corrected chi connectivity index (χ1v) is 11.2. The molecule has 2 spiro atoms. The smallest absolute Gasteiger partial charge is 0.190 e. The lowest BCUT2D eigenvalue weighted by Gasteiger charge is -2.37. The largest absolute Gasteiger partial charge is 0.379 e. The van der Waals surface area contributed by atoms with Gasteiger partial charge < -0.3 is 28.4 Å². The van der Waals surface area contributed by atoms with E-state index in [1.165, 1.54) is 12.8 Å². The first-order valence-electron chi connectivity index (χ1n) is 11.2. The van der Waals surface area contributed by atoms with Gasteiger partial charge in [-0.1, -0.05) is 19.8 Å². The Kier molecular flexibility index (Phi) is 5.24. The van der Waals surface area contributed by atoms with Crippen LogP contribution in [0.5, 0.6) is 0 Å². The van der Waals surface area contributed by atoms with Crippen LogP contribution in [-0.4, -0.2) is 55.5 Å². The van der Waals surface area contributed by atoms with Gasteiger partial charge in [0.15, 0.2) is 17.9 Å². The van der Waals surface area contributed by atoms with E-state index in [0.717, 1.165) is 64.4 Å². The van der Waals surface area contributed by atoms with Crippen molar-refractivity contribution >= 4 is 0 Å². The van der Waals surface area contributed by atoms with Crippen molar-refractivity contribution in [1.82, 2.24) is 0 Å². The number of ether oxygens (including phenoxy) is 6. The van der Waals surface area contributed by atoms with Crippen molar-refractivity contribution in [2.75, 3.05) is 13.2 Å². The van der Waals surface area contributed by atoms with E-state index >= 15 is 0 Å². The summed E-state index contributed by atoms with van der Waals surface area (Å²) in [5, 5.41) is 0. The molecule has 2 aliphatic carbocycles. The molecule has 3 heterocycles. The van der Waals surface area contributed by atoms with E-state index in [2.05, 4.69) is 6.92 Å². The first-order chi connectivity index (χ1) is 13.2. The standard InChI is InChI=1S/C21H34O6/c1-2-13-22-14-15-16-17(25-20(24-16)9-5-3-6-10-20)18-19(23-15)27-21(26-18)11-7-4-8-12-21/h15-19H,2-14H2,1H3/t15-,16+,17+,18-,19+/m1/s1. The Labute approximate surface area is 162 Å². The molecule has 0 aromatic carbocycles. The van der Waals surface area contributed by atoms with Crippen molar-refractivity contribution in [1.29, 1.82) is 0 Å². The Morgan fingerprint density at radius 3 is 2.00 bits per heavy atom. The molecule has 0 aromatic rings. The molecule has 3 aliphatic heterocycles. The molecule has 6 heteroatoms. The fourth-order valence-corrected chi connectivity index (χ4v) is 5.52. The molecule has 2 saturated carbocycles. The highest BCUT2D eigenvalue weighted by molar-refractivity contribution is 5.03. The number of rotatable bonds is 4. The van der Waals surface area contributed by atoms with Crippen molar-refractivity contribution < 1.29 is 28.4 Å². The molecule has 0 amide bonds. The SMILES string of the molecule is CCCOC[C@H]1O[C@H]2OC3(CCCCC3)O[C@@H]2[C@H]2OC3(CCCCC3)O[C@H]21. The summed E-state index contributed by atoms with van der Waals surface area (Å²) in [6, 6.07) is 0. The van der Waals surface area contributed by atoms with Crippen LogP contribution in [0.25, 0.3) is 0 Å². The molecule has 0 aromatic heterocycles. The molecular formula is C21H34O6. The molecular weight excluding hydrogens is 348 g/mol. The molecule has 27 heavy (non-hydrogen) atoms. The second-order valence-electron chi connectivity index (χ2n) is 8.93. The van der Waals surface area contributed by atoms with Crippen LogP contribution < -0.4 is 0 Å². The molecule has 3 saturated heterocycles. The van der Waals surface area contributed by atoms with Gasteiger partial charge in [-0.2, -0.15) is 0 Å². The summed E-state index contributed by atoms with van der Waals surface area (Å²) in [6.45, 7) is 3.38. The third kappa shape index (κ3) is 3.47. The topological polar surface area (TPSA) is 55.4 Å². The number of hydrogen-bond donors (Lipinski definition) is 0. The third-order valence-corrected chi connectivity index (χ3v) is 6.84. The van der Waals surface area contributed by atoms with Crippen molar-refractivity contribution in [2.24, 2.45) is 0 Å². The third-order valence-electron chi connectivity index (χ3n) is 6.84. The lowest BCUT2D eigenvalue weighted by molar-refractivity contribution is -0.256. The van der Waals surface area contributed by atoms with Gasteiger partial charge in [0.1, 0.15) is 24.4 Å². The summed E-state index contributed by atoms with van der Waals surface area (Å²) in [5.41, 5.74) is 0. The van der Waals surface area contributed by atoms with Crippen LogP contribution in [0.3, 0.4) is 0 Å². The molecule has 5 fully saturated rings. The number of fused-ring (bicyclic) bond motifs is 3. The molecule has 0 bridgehead atoms. The van der Waals surface area contributed by atoms with Crippen LogP contribution in [0.1, 0.15) is 77.6 Å². The highest BCUT2D eigenvalue weighted by Gasteiger charge is 2.63. The average Bonchev–Trinajstić information content (AvgIpc) is 3.21. The van der Waals surface area contributed by atoms with Crippen LogP contribution in [0.15, 0.2) is 0 Å². The van der Waals surface area contributed by atoms with Gasteiger partial charge in [0.2, 0.25) is 0 Å². The molecule has 6 nitrogen and oxygen atoms in total. The zero-order chi connectivity index (χ0) is 18.3. The van der Waals surface area contributed by atoms with Gasteiger partial charge in [0.25, 0.3) is 0 Å². The van der Waals surface area contributed by atoms with E-state index in [-0.39, 0.29) is 30.7 Å². The van der Waals surface area contributed by atoms with E-state index in [4.69, 9.17) is 28.4 Å². The van der Waals surface area contributed by atoms with Crippen molar-refractivity contribution in [2.45, 2.75) is 120 Å². The second kappa shape index (κ2) is 7.54. The van der Waals surface area contributed by atoms with Crippen molar-refractivity contribution in [3.63, 3.8) is 0 Å². The average molecular weight is 382 g/mol. The summed E-state index contributed by atoms with van der Waals surface area (Å²) in [4.78, 5) is 0. The van der Waals surface area contributed by atoms with Crippen LogP contribution >= 0.6 is 0 Å². The van der Waals surface area contributed by atoms with Gasteiger partial charge >= 0.3 is 0 Å². The zero-order valence-corrected chi connectivity index (χ0v) is 16.5. The molecule has 154 valence electrons. The Morgan fingerprint density at radius 2 is 1.33 bits per heavy atom. The normalized spacial score (nSPS) is 42.3. The lowest BCUT2D eigenvalue weighted by Crippen LogP contribution is -2.56. The Morgan fingerprint density at radius 1 is 0.741 bits per heavy atom. The van der Waals surface area contributed by atoms with Gasteiger partial charge in [-0.3, -0.25) is 0 Å². The minimum Gasteiger partial charge on any atom is -0.379 e. The van der Waals surface area contributed by atoms with Crippen LogP contribution in [0, 0.1) is 0 Å². The maximum Gasteiger partial charge on any atom is 0.190 e. The second-order valence-corrected chi connectivity index (χ2v) is 8.93. The van der Waals surface area contributed by atoms with Gasteiger partial charge in [-0.15, -0.1) is 0 Å². The van der Waals surface area contributed by atoms with E-state index < -0.39 is 11.6 Å². The molecule has 5 rings (SSSR count). The maximum absolute atomic E-state index is 6.62. The summed E-state index contributed by atoms with van der Waals surface area (Å²) in [5.74, 6) is -0.941. The quantitative estimate of drug-likeness (QED) is 0.692. The van der Waals surface area contributed by atoms with Crippen LogP contribution in [-0.2, 0) is 28.4 Å². The van der Waals surface area contributed by atoms with Crippen molar-refractivity contribution in [3.8, 4) is 0 Å². The minimum atomic E-state index is -0.483. The predicted molar refractivity (Wildman–Crippen MR) is 97.1 cm³/mol. The van der Waals surface area contributed by atoms with Gasteiger partial charge in [-0.25, -0.2) is 0 Å². The van der Waals surface area contributed by atoms with Crippen LogP contribution in [0.4, 0.5) is 0 Å². The maximum atomic E-state index is 6.62. The highest BCUT2D eigenvalue weighted by atomic mass is 16.9.